The number of hydrogen-bond donors (Lipinski definition) is 0. The van der Waals surface area contributed by atoms with E-state index in [2.05, 4.69) is 34.1 Å². The highest BCUT2D eigenvalue weighted by Gasteiger charge is 2.18. The topological polar surface area (TPSA) is 6.48 Å². The smallest absolute Gasteiger partial charge is 0.0351 e. The quantitative estimate of drug-likeness (QED) is 0.712. The number of hydrogen-bond acceptors (Lipinski definition) is 2. The molecule has 0 saturated heterocycles. The molecule has 0 N–H and O–H groups in total. The lowest BCUT2D eigenvalue weighted by Crippen LogP contribution is -2.35. The van der Waals surface area contributed by atoms with Crippen LogP contribution in [0.3, 0.4) is 0 Å². The summed E-state index contributed by atoms with van der Waals surface area (Å²) < 4.78 is 0. The summed E-state index contributed by atoms with van der Waals surface area (Å²) in [5.74, 6) is 1.36. The molecule has 0 fully saturated rings. The van der Waals surface area contributed by atoms with E-state index < -0.39 is 0 Å². The van der Waals surface area contributed by atoms with Gasteiger partial charge in [-0.3, -0.25) is 9.80 Å². The molecule has 1 aromatic carbocycles. The van der Waals surface area contributed by atoms with Gasteiger partial charge in [-0.15, -0.1) is 23.2 Å². The van der Waals surface area contributed by atoms with Gasteiger partial charge in [-0.2, -0.15) is 0 Å². The molecule has 1 aromatic rings. The molecule has 0 bridgehead atoms. The van der Waals surface area contributed by atoms with Crippen LogP contribution in [0, 0.1) is 0 Å². The first-order valence-electron chi connectivity index (χ1n) is 6.47. The Morgan fingerprint density at radius 1 is 0.944 bits per heavy atom. The summed E-state index contributed by atoms with van der Waals surface area (Å²) >= 11 is 11.6. The van der Waals surface area contributed by atoms with E-state index in [1.807, 2.05) is 0 Å². The molecule has 100 valence electrons. The minimum Gasteiger partial charge on any atom is -0.300 e. The van der Waals surface area contributed by atoms with E-state index >= 15 is 0 Å². The van der Waals surface area contributed by atoms with E-state index in [0.29, 0.717) is 11.8 Å². The second-order valence-electron chi connectivity index (χ2n) is 4.70. The average molecular weight is 287 g/mol. The van der Waals surface area contributed by atoms with Crippen molar-refractivity contribution in [2.45, 2.75) is 13.1 Å². The van der Waals surface area contributed by atoms with E-state index in [4.69, 9.17) is 23.2 Å². The monoisotopic (exact) mass is 286 g/mol. The third-order valence-electron chi connectivity index (χ3n) is 3.44. The molecule has 0 aliphatic carbocycles. The molecule has 1 aliphatic heterocycles. The first-order chi connectivity index (χ1) is 8.83. The number of rotatable bonds is 7. The molecule has 0 spiro atoms. The zero-order valence-corrected chi connectivity index (χ0v) is 12.1. The molecule has 0 unspecified atom stereocenters. The molecule has 2 rings (SSSR count). The highest BCUT2D eigenvalue weighted by molar-refractivity contribution is 6.18. The van der Waals surface area contributed by atoms with Crippen LogP contribution < -0.4 is 0 Å². The number of fused-ring (bicyclic) bond motifs is 1. The SMILES string of the molecule is ClCCN(CCCl)CCN1Cc2ccccc2C1. The maximum Gasteiger partial charge on any atom is 0.0351 e. The number of benzene rings is 1. The molecule has 4 heteroatoms. The van der Waals surface area contributed by atoms with Gasteiger partial charge < -0.3 is 0 Å². The van der Waals surface area contributed by atoms with Crippen molar-refractivity contribution in [1.29, 1.82) is 0 Å². The molecule has 1 aliphatic rings. The lowest BCUT2D eigenvalue weighted by Gasteiger charge is -2.23. The Kier molecular flexibility index (Phi) is 5.77. The van der Waals surface area contributed by atoms with Crippen LogP contribution in [0.5, 0.6) is 0 Å². The van der Waals surface area contributed by atoms with Gasteiger partial charge in [0.25, 0.3) is 0 Å². The fourth-order valence-corrected chi connectivity index (χ4v) is 2.90. The molecule has 1 heterocycles. The first kappa shape index (κ1) is 14.1. The average Bonchev–Trinajstić information content (AvgIpc) is 2.79. The zero-order valence-electron chi connectivity index (χ0n) is 10.6. The van der Waals surface area contributed by atoms with Gasteiger partial charge in [0.2, 0.25) is 0 Å². The predicted molar refractivity (Wildman–Crippen MR) is 78.4 cm³/mol. The third kappa shape index (κ3) is 3.86. The highest BCUT2D eigenvalue weighted by atomic mass is 35.5. The Labute approximate surface area is 119 Å². The van der Waals surface area contributed by atoms with Crippen LogP contribution in [-0.4, -0.2) is 47.7 Å². The van der Waals surface area contributed by atoms with Gasteiger partial charge in [-0.25, -0.2) is 0 Å². The van der Waals surface area contributed by atoms with Crippen LogP contribution in [0.4, 0.5) is 0 Å². The van der Waals surface area contributed by atoms with Gasteiger partial charge >= 0.3 is 0 Å². The summed E-state index contributed by atoms with van der Waals surface area (Å²) in [7, 11) is 0. The van der Waals surface area contributed by atoms with Crippen molar-refractivity contribution in [3.8, 4) is 0 Å². The molecular weight excluding hydrogens is 267 g/mol. The largest absolute Gasteiger partial charge is 0.300 e. The van der Waals surface area contributed by atoms with Crippen molar-refractivity contribution in [1.82, 2.24) is 9.80 Å². The Morgan fingerprint density at radius 3 is 2.00 bits per heavy atom. The predicted octanol–water partition coefficient (Wildman–Crippen LogP) is 2.78. The lowest BCUT2D eigenvalue weighted by molar-refractivity contribution is 0.218. The maximum atomic E-state index is 5.80. The minimum absolute atomic E-state index is 0.678. The van der Waals surface area contributed by atoms with Crippen molar-refractivity contribution in [3.63, 3.8) is 0 Å². The summed E-state index contributed by atoms with van der Waals surface area (Å²) in [5.41, 5.74) is 2.94. The van der Waals surface area contributed by atoms with Crippen molar-refractivity contribution in [2.75, 3.05) is 37.9 Å². The summed E-state index contributed by atoms with van der Waals surface area (Å²) in [5, 5.41) is 0. The van der Waals surface area contributed by atoms with Gasteiger partial charge in [-0.1, -0.05) is 24.3 Å². The van der Waals surface area contributed by atoms with Crippen LogP contribution >= 0.6 is 23.2 Å². The van der Waals surface area contributed by atoms with Gasteiger partial charge in [-0.05, 0) is 11.1 Å². The van der Waals surface area contributed by atoms with E-state index in [1.165, 1.54) is 11.1 Å². The van der Waals surface area contributed by atoms with Crippen molar-refractivity contribution >= 4 is 23.2 Å². The van der Waals surface area contributed by atoms with Crippen LogP contribution in [0.1, 0.15) is 11.1 Å². The minimum atomic E-state index is 0.678. The zero-order chi connectivity index (χ0) is 12.8. The Balaban J connectivity index is 1.78. The van der Waals surface area contributed by atoms with E-state index in [1.54, 1.807) is 0 Å². The molecule has 18 heavy (non-hydrogen) atoms. The summed E-state index contributed by atoms with van der Waals surface area (Å²) in [6.07, 6.45) is 0. The normalized spacial score (nSPS) is 15.3. The van der Waals surface area contributed by atoms with E-state index in [-0.39, 0.29) is 0 Å². The van der Waals surface area contributed by atoms with Gasteiger partial charge in [0.1, 0.15) is 0 Å². The van der Waals surface area contributed by atoms with Gasteiger partial charge in [0, 0.05) is 51.0 Å². The van der Waals surface area contributed by atoms with Gasteiger partial charge in [0.05, 0.1) is 0 Å². The summed E-state index contributed by atoms with van der Waals surface area (Å²) in [4.78, 5) is 4.82. The van der Waals surface area contributed by atoms with E-state index in [0.717, 1.165) is 39.3 Å². The molecular formula is C14H20Cl2N2. The molecule has 0 saturated carbocycles. The first-order valence-corrected chi connectivity index (χ1v) is 7.54. The van der Waals surface area contributed by atoms with Crippen LogP contribution in [0.2, 0.25) is 0 Å². The highest BCUT2D eigenvalue weighted by Crippen LogP contribution is 2.21. The number of halogens is 2. The Hall–Kier alpha value is -0.280. The lowest BCUT2D eigenvalue weighted by atomic mass is 10.1. The Bertz CT molecular complexity index is 340. The van der Waals surface area contributed by atoms with Crippen molar-refractivity contribution in [2.24, 2.45) is 0 Å². The van der Waals surface area contributed by atoms with Crippen molar-refractivity contribution < 1.29 is 0 Å². The molecule has 0 radical (unpaired) electrons. The standard InChI is InChI=1S/C14H20Cl2N2/c15-5-7-17(8-6-16)9-10-18-11-13-3-1-2-4-14(13)12-18/h1-4H,5-12H2. The maximum absolute atomic E-state index is 5.80. The third-order valence-corrected chi connectivity index (χ3v) is 3.78. The van der Waals surface area contributed by atoms with E-state index in [9.17, 15) is 0 Å². The summed E-state index contributed by atoms with van der Waals surface area (Å²) in [6, 6.07) is 8.69. The molecule has 0 atom stereocenters. The van der Waals surface area contributed by atoms with Crippen molar-refractivity contribution in [3.05, 3.63) is 35.4 Å². The number of nitrogens with zero attached hydrogens (tertiary/aromatic N) is 2. The Morgan fingerprint density at radius 2 is 1.50 bits per heavy atom. The molecule has 0 aromatic heterocycles. The fraction of sp³-hybridized carbons (Fsp3) is 0.571. The van der Waals surface area contributed by atoms with Crippen LogP contribution in [0.15, 0.2) is 24.3 Å². The second-order valence-corrected chi connectivity index (χ2v) is 5.45. The van der Waals surface area contributed by atoms with Crippen LogP contribution in [-0.2, 0) is 13.1 Å². The molecule has 2 nitrogen and oxygen atoms in total. The molecule has 0 amide bonds. The van der Waals surface area contributed by atoms with Gasteiger partial charge in [0.15, 0.2) is 0 Å². The summed E-state index contributed by atoms with van der Waals surface area (Å²) in [6.45, 7) is 6.14. The second kappa shape index (κ2) is 7.34. The number of alkyl halides is 2. The van der Waals surface area contributed by atoms with Crippen LogP contribution in [0.25, 0.3) is 0 Å². The fourth-order valence-electron chi connectivity index (χ4n) is 2.42.